The molecule has 0 unspecified atom stereocenters. The molecule has 0 spiro atoms. The third-order valence-electron chi connectivity index (χ3n) is 2.89. The number of aliphatic hydroxyl groups is 1. The summed E-state index contributed by atoms with van der Waals surface area (Å²) in [5.74, 6) is 0. The molecule has 0 aliphatic heterocycles. The molecule has 1 aromatic carbocycles. The zero-order valence-electron chi connectivity index (χ0n) is 10.1. The summed E-state index contributed by atoms with van der Waals surface area (Å²) in [6.45, 7) is 2.00. The first-order valence-corrected chi connectivity index (χ1v) is 5.74. The van der Waals surface area contributed by atoms with Crippen molar-refractivity contribution in [2.45, 2.75) is 20.0 Å². The van der Waals surface area contributed by atoms with Crippen molar-refractivity contribution < 1.29 is 5.11 Å². The molecule has 0 bridgehead atoms. The van der Waals surface area contributed by atoms with Gasteiger partial charge in [0, 0.05) is 12.2 Å². The molecular weight excluding hydrogens is 234 g/mol. The maximum atomic E-state index is 12.1. The number of anilines is 1. The van der Waals surface area contributed by atoms with Gasteiger partial charge in [-0.3, -0.25) is 13.9 Å². The average Bonchev–Trinajstić information content (AvgIpc) is 2.36. The van der Waals surface area contributed by atoms with E-state index in [1.165, 1.54) is 4.57 Å². The number of nitrogens with two attached hydrogens (primary N) is 1. The molecule has 18 heavy (non-hydrogen) atoms. The molecule has 1 aromatic heterocycles. The van der Waals surface area contributed by atoms with Crippen LogP contribution in [0.4, 0.5) is 5.69 Å². The van der Waals surface area contributed by atoms with Gasteiger partial charge in [0.25, 0.3) is 5.56 Å². The maximum Gasteiger partial charge on any atom is 0.331 e. The first-order valence-electron chi connectivity index (χ1n) is 5.74. The number of benzene rings is 1. The smallest absolute Gasteiger partial charge is 0.331 e. The van der Waals surface area contributed by atoms with Crippen molar-refractivity contribution in [3.05, 3.63) is 39.0 Å². The summed E-state index contributed by atoms with van der Waals surface area (Å²) in [6.07, 6.45) is 0. The Morgan fingerprint density at radius 2 is 2.00 bits per heavy atom. The van der Waals surface area contributed by atoms with Crippen molar-refractivity contribution >= 4 is 16.6 Å². The number of aromatic nitrogens is 2. The Morgan fingerprint density at radius 3 is 2.61 bits per heavy atom. The molecule has 6 nitrogen and oxygen atoms in total. The van der Waals surface area contributed by atoms with E-state index in [4.69, 9.17) is 10.8 Å². The fourth-order valence-corrected chi connectivity index (χ4v) is 2.04. The van der Waals surface area contributed by atoms with E-state index in [-0.39, 0.29) is 13.2 Å². The van der Waals surface area contributed by atoms with Gasteiger partial charge in [-0.05, 0) is 25.1 Å². The van der Waals surface area contributed by atoms with Crippen LogP contribution in [0.1, 0.15) is 6.92 Å². The van der Waals surface area contributed by atoms with E-state index >= 15 is 0 Å². The molecule has 1 heterocycles. The van der Waals surface area contributed by atoms with Gasteiger partial charge in [0.1, 0.15) is 0 Å². The van der Waals surface area contributed by atoms with Crippen LogP contribution < -0.4 is 17.0 Å². The summed E-state index contributed by atoms with van der Waals surface area (Å²) in [4.78, 5) is 24.2. The standard InChI is InChI=1S/C12H15N3O3/c1-2-14-10-4-3-8(13)7-9(10)11(17)15(5-6-16)12(14)18/h3-4,7,16H,2,5-6,13H2,1H3. The van der Waals surface area contributed by atoms with Gasteiger partial charge >= 0.3 is 5.69 Å². The lowest BCUT2D eigenvalue weighted by Gasteiger charge is -2.12. The van der Waals surface area contributed by atoms with Crippen molar-refractivity contribution in [1.82, 2.24) is 9.13 Å². The lowest BCUT2D eigenvalue weighted by molar-refractivity contribution is 0.270. The monoisotopic (exact) mass is 249 g/mol. The average molecular weight is 249 g/mol. The van der Waals surface area contributed by atoms with E-state index < -0.39 is 11.2 Å². The van der Waals surface area contributed by atoms with Gasteiger partial charge in [-0.15, -0.1) is 0 Å². The second-order valence-electron chi connectivity index (χ2n) is 3.98. The molecule has 0 saturated heterocycles. The Bertz CT molecular complexity index is 700. The molecule has 0 radical (unpaired) electrons. The van der Waals surface area contributed by atoms with Crippen LogP contribution in [-0.2, 0) is 13.1 Å². The van der Waals surface area contributed by atoms with Crippen LogP contribution in [0.3, 0.4) is 0 Å². The van der Waals surface area contributed by atoms with Crippen molar-refractivity contribution in [2.24, 2.45) is 0 Å². The number of aliphatic hydroxyl groups excluding tert-OH is 1. The number of rotatable bonds is 3. The zero-order chi connectivity index (χ0) is 13.3. The Kier molecular flexibility index (Phi) is 3.20. The van der Waals surface area contributed by atoms with Crippen LogP contribution in [0, 0.1) is 0 Å². The number of hydrogen-bond acceptors (Lipinski definition) is 4. The van der Waals surface area contributed by atoms with E-state index in [0.29, 0.717) is 23.1 Å². The molecule has 6 heteroatoms. The van der Waals surface area contributed by atoms with Crippen LogP contribution in [0.5, 0.6) is 0 Å². The first-order chi connectivity index (χ1) is 8.60. The highest BCUT2D eigenvalue weighted by Gasteiger charge is 2.11. The predicted octanol–water partition coefficient (Wildman–Crippen LogP) is -0.242. The van der Waals surface area contributed by atoms with E-state index in [1.54, 1.807) is 18.2 Å². The Labute approximate surface area is 103 Å². The van der Waals surface area contributed by atoms with Crippen LogP contribution >= 0.6 is 0 Å². The third kappa shape index (κ3) is 1.80. The fourth-order valence-electron chi connectivity index (χ4n) is 2.04. The number of hydrogen-bond donors (Lipinski definition) is 2. The number of nitrogens with zero attached hydrogens (tertiary/aromatic N) is 2. The van der Waals surface area contributed by atoms with E-state index in [0.717, 1.165) is 4.57 Å². The Morgan fingerprint density at radius 1 is 1.28 bits per heavy atom. The van der Waals surface area contributed by atoms with Gasteiger partial charge in [-0.1, -0.05) is 0 Å². The van der Waals surface area contributed by atoms with Crippen LogP contribution in [0.2, 0.25) is 0 Å². The van der Waals surface area contributed by atoms with E-state index in [9.17, 15) is 9.59 Å². The summed E-state index contributed by atoms with van der Waals surface area (Å²) < 4.78 is 2.52. The van der Waals surface area contributed by atoms with Gasteiger partial charge in [-0.2, -0.15) is 0 Å². The quantitative estimate of drug-likeness (QED) is 0.734. The van der Waals surface area contributed by atoms with Crippen LogP contribution in [-0.4, -0.2) is 20.8 Å². The number of fused-ring (bicyclic) bond motifs is 1. The first kappa shape index (κ1) is 12.4. The Balaban J connectivity index is 2.96. The summed E-state index contributed by atoms with van der Waals surface area (Å²) >= 11 is 0. The molecule has 0 atom stereocenters. The lowest BCUT2D eigenvalue weighted by Crippen LogP contribution is -2.40. The topological polar surface area (TPSA) is 90.2 Å². The zero-order valence-corrected chi connectivity index (χ0v) is 10.1. The van der Waals surface area contributed by atoms with Gasteiger partial charge in [0.2, 0.25) is 0 Å². The van der Waals surface area contributed by atoms with Gasteiger partial charge in [0.05, 0.1) is 24.1 Å². The van der Waals surface area contributed by atoms with Crippen LogP contribution in [0.25, 0.3) is 10.9 Å². The highest BCUT2D eigenvalue weighted by molar-refractivity contribution is 5.81. The minimum atomic E-state index is -0.416. The SMILES string of the molecule is CCn1c(=O)n(CCO)c(=O)c2cc(N)ccc21. The molecule has 96 valence electrons. The normalized spacial score (nSPS) is 11.0. The molecule has 0 aliphatic rings. The predicted molar refractivity (Wildman–Crippen MR) is 69.6 cm³/mol. The Hall–Kier alpha value is -2.08. The molecule has 0 aliphatic carbocycles. The third-order valence-corrected chi connectivity index (χ3v) is 2.89. The van der Waals surface area contributed by atoms with Crippen LogP contribution in [0.15, 0.2) is 27.8 Å². The summed E-state index contributed by atoms with van der Waals surface area (Å²) in [6, 6.07) is 4.88. The van der Waals surface area contributed by atoms with E-state index in [1.807, 2.05) is 6.92 Å². The summed E-state index contributed by atoms with van der Waals surface area (Å²) in [5.41, 5.74) is 5.87. The second kappa shape index (κ2) is 4.66. The van der Waals surface area contributed by atoms with Crippen molar-refractivity contribution in [1.29, 1.82) is 0 Å². The minimum absolute atomic E-state index is 0.0115. The van der Waals surface area contributed by atoms with Gasteiger partial charge < -0.3 is 10.8 Å². The molecule has 2 rings (SSSR count). The van der Waals surface area contributed by atoms with Gasteiger partial charge in [-0.25, -0.2) is 4.79 Å². The summed E-state index contributed by atoms with van der Waals surface area (Å²) in [7, 11) is 0. The molecule has 0 amide bonds. The second-order valence-corrected chi connectivity index (χ2v) is 3.98. The molecular formula is C12H15N3O3. The maximum absolute atomic E-state index is 12.1. The lowest BCUT2D eigenvalue weighted by atomic mass is 10.2. The molecule has 3 N–H and O–H groups in total. The molecule has 0 fully saturated rings. The number of nitrogen functional groups attached to an aromatic ring is 1. The molecule has 0 saturated carbocycles. The van der Waals surface area contributed by atoms with Crippen molar-refractivity contribution in [3.63, 3.8) is 0 Å². The molecule has 2 aromatic rings. The highest BCUT2D eigenvalue weighted by atomic mass is 16.3. The van der Waals surface area contributed by atoms with Crippen molar-refractivity contribution in [3.8, 4) is 0 Å². The van der Waals surface area contributed by atoms with Gasteiger partial charge in [0.15, 0.2) is 0 Å². The largest absolute Gasteiger partial charge is 0.399 e. The fraction of sp³-hybridized carbons (Fsp3) is 0.333. The summed E-state index contributed by atoms with van der Waals surface area (Å²) in [5, 5.41) is 9.32. The number of aryl methyl sites for hydroxylation is 1. The van der Waals surface area contributed by atoms with E-state index in [2.05, 4.69) is 0 Å². The highest BCUT2D eigenvalue weighted by Crippen LogP contribution is 2.12. The van der Waals surface area contributed by atoms with Crippen molar-refractivity contribution in [2.75, 3.05) is 12.3 Å². The minimum Gasteiger partial charge on any atom is -0.399 e.